The molecule has 0 saturated heterocycles. The van der Waals surface area contributed by atoms with E-state index in [0.29, 0.717) is 12.5 Å². The molecule has 1 rings (SSSR count). The van der Waals surface area contributed by atoms with Crippen LogP contribution in [0, 0.1) is 5.92 Å². The minimum atomic E-state index is -0.437. The third kappa shape index (κ3) is 6.95. The molecule has 0 heterocycles. The Morgan fingerprint density at radius 3 is 2.68 bits per heavy atom. The van der Waals surface area contributed by atoms with Crippen molar-refractivity contribution >= 4 is 34.2 Å². The first-order valence-electron chi connectivity index (χ1n) is 6.30. The Hall–Kier alpha value is -0.580. The van der Waals surface area contributed by atoms with Crippen molar-refractivity contribution in [3.63, 3.8) is 0 Å². The van der Waals surface area contributed by atoms with Crippen LogP contribution in [0.5, 0.6) is 0 Å². The first kappa shape index (κ1) is 18.4. The molecule has 1 amide bonds. The Bertz CT molecular complexity index is 399. The molecule has 2 atom stereocenters. The van der Waals surface area contributed by atoms with Crippen molar-refractivity contribution in [2.45, 2.75) is 32.7 Å². The quantitative estimate of drug-likeness (QED) is 0.829. The average Bonchev–Trinajstić information content (AvgIpc) is 2.33. The van der Waals surface area contributed by atoms with E-state index in [1.165, 1.54) is 5.56 Å². The molecule has 108 valence electrons. The van der Waals surface area contributed by atoms with Crippen molar-refractivity contribution in [3.8, 4) is 0 Å². The molecule has 0 radical (unpaired) electrons. The predicted octanol–water partition coefficient (Wildman–Crippen LogP) is 2.90. The third-order valence-corrected chi connectivity index (χ3v) is 3.46. The summed E-state index contributed by atoms with van der Waals surface area (Å²) in [5.41, 5.74) is 6.80. The monoisotopic (exact) mass is 348 g/mol. The van der Waals surface area contributed by atoms with Gasteiger partial charge in [0.05, 0.1) is 6.04 Å². The summed E-state index contributed by atoms with van der Waals surface area (Å²) in [5, 5.41) is 2.89. The van der Waals surface area contributed by atoms with Crippen LogP contribution in [-0.2, 0) is 11.2 Å². The minimum Gasteiger partial charge on any atom is -0.354 e. The van der Waals surface area contributed by atoms with E-state index >= 15 is 0 Å². The molecule has 0 fully saturated rings. The summed E-state index contributed by atoms with van der Waals surface area (Å²) < 4.78 is 1.09. The number of benzene rings is 1. The Morgan fingerprint density at radius 1 is 1.47 bits per heavy atom. The second-order valence-corrected chi connectivity index (χ2v) is 5.56. The highest BCUT2D eigenvalue weighted by Crippen LogP contribution is 2.16. The van der Waals surface area contributed by atoms with E-state index in [1.807, 2.05) is 12.1 Å². The highest BCUT2D eigenvalue weighted by Gasteiger charge is 2.11. The molecule has 0 aromatic heterocycles. The van der Waals surface area contributed by atoms with Gasteiger partial charge in [0, 0.05) is 11.0 Å². The summed E-state index contributed by atoms with van der Waals surface area (Å²) >= 11 is 3.47. The molecule has 3 N–H and O–H groups in total. The minimum absolute atomic E-state index is 0. The Morgan fingerprint density at radius 2 is 2.16 bits per heavy atom. The van der Waals surface area contributed by atoms with Gasteiger partial charge < -0.3 is 11.1 Å². The standard InChI is InChI=1S/C14H21BrN2O.ClH/c1-3-11(9-17-14(18)10(2)16)7-12-5-4-6-13(15)8-12;/h4-6,8,10-11H,3,7,9,16H2,1-2H3,(H,17,18);1H/t10-,11?;/m0./s1. The predicted molar refractivity (Wildman–Crippen MR) is 85.5 cm³/mol. The van der Waals surface area contributed by atoms with Gasteiger partial charge in [0.2, 0.25) is 5.91 Å². The summed E-state index contributed by atoms with van der Waals surface area (Å²) in [5.74, 6) is 0.365. The maximum atomic E-state index is 11.4. The summed E-state index contributed by atoms with van der Waals surface area (Å²) in [6, 6.07) is 7.85. The maximum Gasteiger partial charge on any atom is 0.236 e. The molecule has 1 aromatic rings. The second kappa shape index (κ2) is 9.34. The Balaban J connectivity index is 0.00000324. The van der Waals surface area contributed by atoms with Crippen molar-refractivity contribution in [2.75, 3.05) is 6.54 Å². The van der Waals surface area contributed by atoms with E-state index in [-0.39, 0.29) is 18.3 Å². The zero-order valence-electron chi connectivity index (χ0n) is 11.4. The maximum absolute atomic E-state index is 11.4. The van der Waals surface area contributed by atoms with Crippen LogP contribution in [0.4, 0.5) is 0 Å². The lowest BCUT2D eigenvalue weighted by atomic mass is 9.97. The molecule has 0 aliphatic carbocycles. The Labute approximate surface area is 129 Å². The van der Waals surface area contributed by atoms with Gasteiger partial charge >= 0.3 is 0 Å². The number of carbonyl (C=O) groups excluding carboxylic acids is 1. The van der Waals surface area contributed by atoms with Crippen LogP contribution in [0.25, 0.3) is 0 Å². The summed E-state index contributed by atoms with van der Waals surface area (Å²) in [6.45, 7) is 4.52. The summed E-state index contributed by atoms with van der Waals surface area (Å²) in [4.78, 5) is 11.4. The normalized spacial score (nSPS) is 13.3. The van der Waals surface area contributed by atoms with Crippen LogP contribution in [0.1, 0.15) is 25.8 Å². The number of rotatable bonds is 6. The van der Waals surface area contributed by atoms with Crippen LogP contribution in [0.15, 0.2) is 28.7 Å². The lowest BCUT2D eigenvalue weighted by Crippen LogP contribution is -2.40. The Kier molecular flexibility index (Phi) is 9.06. The fourth-order valence-corrected chi connectivity index (χ4v) is 2.21. The van der Waals surface area contributed by atoms with E-state index in [0.717, 1.165) is 17.3 Å². The van der Waals surface area contributed by atoms with E-state index in [9.17, 15) is 4.79 Å². The van der Waals surface area contributed by atoms with Gasteiger partial charge in [0.1, 0.15) is 0 Å². The van der Waals surface area contributed by atoms with Gasteiger partial charge in [0.15, 0.2) is 0 Å². The van der Waals surface area contributed by atoms with Crippen LogP contribution in [0.2, 0.25) is 0 Å². The second-order valence-electron chi connectivity index (χ2n) is 4.64. The van der Waals surface area contributed by atoms with Gasteiger partial charge in [-0.25, -0.2) is 0 Å². The number of nitrogens with two attached hydrogens (primary N) is 1. The molecule has 1 aromatic carbocycles. The fraction of sp³-hybridized carbons (Fsp3) is 0.500. The highest BCUT2D eigenvalue weighted by atomic mass is 79.9. The van der Waals surface area contributed by atoms with Gasteiger partial charge in [-0.1, -0.05) is 41.4 Å². The molecule has 0 spiro atoms. The first-order valence-corrected chi connectivity index (χ1v) is 7.10. The van der Waals surface area contributed by atoms with Gasteiger partial charge in [-0.15, -0.1) is 12.4 Å². The van der Waals surface area contributed by atoms with Crippen molar-refractivity contribution in [3.05, 3.63) is 34.3 Å². The molecule has 0 saturated carbocycles. The van der Waals surface area contributed by atoms with E-state index in [1.54, 1.807) is 6.92 Å². The number of hydrogen-bond donors (Lipinski definition) is 2. The molecular formula is C14H22BrClN2O. The van der Waals surface area contributed by atoms with Gasteiger partial charge in [-0.2, -0.15) is 0 Å². The number of amides is 1. The van der Waals surface area contributed by atoms with Crippen LogP contribution in [0.3, 0.4) is 0 Å². The smallest absolute Gasteiger partial charge is 0.236 e. The zero-order chi connectivity index (χ0) is 13.5. The zero-order valence-corrected chi connectivity index (χ0v) is 13.8. The average molecular weight is 350 g/mol. The van der Waals surface area contributed by atoms with Gasteiger partial charge in [-0.05, 0) is 37.0 Å². The van der Waals surface area contributed by atoms with Gasteiger partial charge in [0.25, 0.3) is 0 Å². The number of halogens is 2. The van der Waals surface area contributed by atoms with E-state index < -0.39 is 6.04 Å². The molecular weight excluding hydrogens is 328 g/mol. The molecule has 1 unspecified atom stereocenters. The molecule has 5 heteroatoms. The number of hydrogen-bond acceptors (Lipinski definition) is 2. The topological polar surface area (TPSA) is 55.1 Å². The van der Waals surface area contributed by atoms with Crippen molar-refractivity contribution in [2.24, 2.45) is 11.7 Å². The largest absolute Gasteiger partial charge is 0.354 e. The number of nitrogens with one attached hydrogen (secondary N) is 1. The molecule has 19 heavy (non-hydrogen) atoms. The number of carbonyl (C=O) groups is 1. The van der Waals surface area contributed by atoms with Gasteiger partial charge in [-0.3, -0.25) is 4.79 Å². The van der Waals surface area contributed by atoms with Crippen LogP contribution < -0.4 is 11.1 Å². The van der Waals surface area contributed by atoms with Crippen LogP contribution >= 0.6 is 28.3 Å². The lowest BCUT2D eigenvalue weighted by Gasteiger charge is -2.17. The molecule has 0 aliphatic heterocycles. The van der Waals surface area contributed by atoms with Crippen molar-refractivity contribution in [1.82, 2.24) is 5.32 Å². The fourth-order valence-electron chi connectivity index (χ4n) is 1.76. The van der Waals surface area contributed by atoms with E-state index in [4.69, 9.17) is 5.73 Å². The SMILES string of the molecule is CCC(CNC(=O)[C@H](C)N)Cc1cccc(Br)c1.Cl. The summed E-state index contributed by atoms with van der Waals surface area (Å²) in [7, 11) is 0. The third-order valence-electron chi connectivity index (χ3n) is 2.97. The lowest BCUT2D eigenvalue weighted by molar-refractivity contribution is -0.122. The first-order chi connectivity index (χ1) is 8.52. The summed E-state index contributed by atoms with van der Waals surface area (Å²) in [6.07, 6.45) is 2.00. The van der Waals surface area contributed by atoms with Crippen LogP contribution in [-0.4, -0.2) is 18.5 Å². The molecule has 3 nitrogen and oxygen atoms in total. The van der Waals surface area contributed by atoms with Crippen molar-refractivity contribution in [1.29, 1.82) is 0 Å². The molecule has 0 aliphatic rings. The molecule has 0 bridgehead atoms. The highest BCUT2D eigenvalue weighted by molar-refractivity contribution is 9.10. The van der Waals surface area contributed by atoms with E-state index in [2.05, 4.69) is 40.3 Å². The van der Waals surface area contributed by atoms with Crippen molar-refractivity contribution < 1.29 is 4.79 Å².